The number of hydrogen-bond acceptors (Lipinski definition) is 2. The van der Waals surface area contributed by atoms with Crippen molar-refractivity contribution in [3.8, 4) is 22.6 Å². The van der Waals surface area contributed by atoms with Crippen LogP contribution in [0.2, 0.25) is 0 Å². The van der Waals surface area contributed by atoms with Crippen molar-refractivity contribution in [2.24, 2.45) is 0 Å². The second-order valence-electron chi connectivity index (χ2n) is 7.50. The topological polar surface area (TPSA) is 26.3 Å². The summed E-state index contributed by atoms with van der Waals surface area (Å²) in [5, 5.41) is 0. The molecule has 0 saturated heterocycles. The average Bonchev–Trinajstić information content (AvgIpc) is 3.39. The van der Waals surface area contributed by atoms with Crippen LogP contribution in [0.4, 0.5) is 0 Å². The van der Waals surface area contributed by atoms with E-state index in [9.17, 15) is 0 Å². The fraction of sp³-hybridized carbons (Fsp3) is 0.185. The highest BCUT2D eigenvalue weighted by Crippen LogP contribution is 2.44. The smallest absolute Gasteiger partial charge is 0.177 e. The van der Waals surface area contributed by atoms with E-state index < -0.39 is 0 Å². The van der Waals surface area contributed by atoms with Crippen molar-refractivity contribution in [3.05, 3.63) is 108 Å². The first-order chi connectivity index (χ1) is 14.2. The first-order valence-electron chi connectivity index (χ1n) is 10.1. The normalized spacial score (nSPS) is 12.1. The minimum absolute atomic E-state index is 0.178. The van der Waals surface area contributed by atoms with Crippen molar-refractivity contribution < 1.29 is 8.83 Å². The highest BCUT2D eigenvalue weighted by atomic mass is 16.4. The van der Waals surface area contributed by atoms with Crippen molar-refractivity contribution in [2.45, 2.75) is 32.6 Å². The van der Waals surface area contributed by atoms with Crippen LogP contribution in [0.25, 0.3) is 22.6 Å². The Labute approximate surface area is 172 Å². The molecule has 2 heteroatoms. The van der Waals surface area contributed by atoms with E-state index in [4.69, 9.17) is 8.83 Å². The maximum atomic E-state index is 6.62. The van der Waals surface area contributed by atoms with E-state index in [1.54, 1.807) is 6.26 Å². The van der Waals surface area contributed by atoms with E-state index in [0.29, 0.717) is 0 Å². The number of rotatable bonds is 7. The molecule has 2 heterocycles. The molecule has 4 rings (SSSR count). The summed E-state index contributed by atoms with van der Waals surface area (Å²) >= 11 is 0. The predicted molar refractivity (Wildman–Crippen MR) is 119 cm³/mol. The molecule has 0 amide bonds. The summed E-state index contributed by atoms with van der Waals surface area (Å²) < 4.78 is 12.4. The lowest BCUT2D eigenvalue weighted by atomic mass is 9.87. The molecule has 0 bridgehead atoms. The molecule has 1 atom stereocenters. The largest absolute Gasteiger partial charge is 0.461 e. The van der Waals surface area contributed by atoms with Gasteiger partial charge in [-0.25, -0.2) is 0 Å². The number of allylic oxidation sites excluding steroid dienone is 1. The minimum atomic E-state index is 0.178. The molecular weight excluding hydrogens is 356 g/mol. The Morgan fingerprint density at radius 2 is 1.62 bits per heavy atom. The summed E-state index contributed by atoms with van der Waals surface area (Å²) in [6.07, 6.45) is 3.42. The predicted octanol–water partition coefficient (Wildman–Crippen LogP) is 7.87. The van der Waals surface area contributed by atoms with Gasteiger partial charge in [0.2, 0.25) is 0 Å². The van der Waals surface area contributed by atoms with Gasteiger partial charge in [0, 0.05) is 17.0 Å². The highest BCUT2D eigenvalue weighted by molar-refractivity contribution is 5.82. The molecule has 0 aliphatic heterocycles. The van der Waals surface area contributed by atoms with Crippen molar-refractivity contribution in [1.29, 1.82) is 0 Å². The van der Waals surface area contributed by atoms with Gasteiger partial charge in [-0.3, -0.25) is 0 Å². The van der Waals surface area contributed by atoms with E-state index in [1.807, 2.05) is 18.2 Å². The quantitative estimate of drug-likeness (QED) is 0.304. The van der Waals surface area contributed by atoms with Gasteiger partial charge in [-0.2, -0.15) is 0 Å². The summed E-state index contributed by atoms with van der Waals surface area (Å²) in [6, 6.07) is 24.9. The van der Waals surface area contributed by atoms with E-state index in [0.717, 1.165) is 46.8 Å². The Hall–Kier alpha value is -3.26. The van der Waals surface area contributed by atoms with Gasteiger partial charge in [-0.05, 0) is 43.0 Å². The van der Waals surface area contributed by atoms with Gasteiger partial charge in [0.1, 0.15) is 5.76 Å². The van der Waals surface area contributed by atoms with Gasteiger partial charge in [0.15, 0.2) is 11.5 Å². The van der Waals surface area contributed by atoms with Crippen LogP contribution in [-0.4, -0.2) is 0 Å². The van der Waals surface area contributed by atoms with Crippen LogP contribution in [0.15, 0.2) is 100 Å². The molecule has 29 heavy (non-hydrogen) atoms. The fourth-order valence-electron chi connectivity index (χ4n) is 3.99. The Morgan fingerprint density at radius 3 is 2.21 bits per heavy atom. The molecule has 2 nitrogen and oxygen atoms in total. The molecule has 0 radical (unpaired) electrons. The Kier molecular flexibility index (Phi) is 5.53. The first kappa shape index (κ1) is 19.1. The van der Waals surface area contributed by atoms with Crippen molar-refractivity contribution in [2.75, 3.05) is 0 Å². The van der Waals surface area contributed by atoms with E-state index >= 15 is 0 Å². The van der Waals surface area contributed by atoms with Gasteiger partial charge in [0.25, 0.3) is 0 Å². The Balaban J connectivity index is 1.99. The fourth-order valence-corrected chi connectivity index (χ4v) is 3.99. The van der Waals surface area contributed by atoms with Crippen LogP contribution in [-0.2, 0) is 6.42 Å². The number of furan rings is 2. The van der Waals surface area contributed by atoms with Crippen LogP contribution in [0, 0.1) is 0 Å². The lowest BCUT2D eigenvalue weighted by Gasteiger charge is -2.16. The van der Waals surface area contributed by atoms with E-state index in [2.05, 4.69) is 75.0 Å². The number of hydrogen-bond donors (Lipinski definition) is 0. The maximum Gasteiger partial charge on any atom is 0.177 e. The molecule has 0 aliphatic carbocycles. The molecule has 2 aromatic carbocycles. The second kappa shape index (κ2) is 8.40. The summed E-state index contributed by atoms with van der Waals surface area (Å²) in [5.74, 6) is 2.73. The van der Waals surface area contributed by atoms with Crippen molar-refractivity contribution in [1.82, 2.24) is 0 Å². The molecule has 4 aromatic rings. The molecule has 146 valence electrons. The standard InChI is InChI=1S/C27H26O2/c1-4-22(20-12-7-5-8-13-20)26-23(18-19(2)3)25(21-14-9-6-10-15-21)27(29-26)24-16-11-17-28-24/h5-17,22H,2,4,18H2,1,3H3. The molecule has 0 fully saturated rings. The highest BCUT2D eigenvalue weighted by Gasteiger charge is 2.28. The SMILES string of the molecule is C=C(C)Cc1c(C(CC)c2ccccc2)oc(-c2ccco2)c1-c1ccccc1. The summed E-state index contributed by atoms with van der Waals surface area (Å²) in [5.41, 5.74) is 5.81. The van der Waals surface area contributed by atoms with Gasteiger partial charge < -0.3 is 8.83 Å². The van der Waals surface area contributed by atoms with Gasteiger partial charge in [0.05, 0.1) is 6.26 Å². The summed E-state index contributed by atoms with van der Waals surface area (Å²) in [6.45, 7) is 8.47. The summed E-state index contributed by atoms with van der Waals surface area (Å²) in [4.78, 5) is 0. The Bertz CT molecular complexity index is 1070. The lowest BCUT2D eigenvalue weighted by molar-refractivity contribution is 0.468. The zero-order valence-corrected chi connectivity index (χ0v) is 17.0. The van der Waals surface area contributed by atoms with Crippen LogP contribution in [0.5, 0.6) is 0 Å². The third kappa shape index (κ3) is 3.84. The number of benzene rings is 2. The molecule has 2 aromatic heterocycles. The molecule has 1 unspecified atom stereocenters. The van der Waals surface area contributed by atoms with E-state index in [1.165, 1.54) is 11.1 Å². The third-order valence-corrected chi connectivity index (χ3v) is 5.25. The Morgan fingerprint density at radius 1 is 0.931 bits per heavy atom. The second-order valence-corrected chi connectivity index (χ2v) is 7.50. The van der Waals surface area contributed by atoms with Crippen LogP contribution < -0.4 is 0 Å². The maximum absolute atomic E-state index is 6.62. The zero-order chi connectivity index (χ0) is 20.2. The molecule has 0 saturated carbocycles. The van der Waals surface area contributed by atoms with Gasteiger partial charge in [-0.1, -0.05) is 79.7 Å². The zero-order valence-electron chi connectivity index (χ0n) is 17.0. The van der Waals surface area contributed by atoms with Crippen LogP contribution >= 0.6 is 0 Å². The molecule has 0 aliphatic rings. The minimum Gasteiger partial charge on any atom is -0.461 e. The summed E-state index contributed by atoms with van der Waals surface area (Å²) in [7, 11) is 0. The first-order valence-corrected chi connectivity index (χ1v) is 10.1. The van der Waals surface area contributed by atoms with Crippen molar-refractivity contribution in [3.63, 3.8) is 0 Å². The van der Waals surface area contributed by atoms with Gasteiger partial charge in [-0.15, -0.1) is 0 Å². The average molecular weight is 383 g/mol. The van der Waals surface area contributed by atoms with E-state index in [-0.39, 0.29) is 5.92 Å². The molecule has 0 N–H and O–H groups in total. The van der Waals surface area contributed by atoms with Crippen LogP contribution in [0.1, 0.15) is 43.1 Å². The van der Waals surface area contributed by atoms with Gasteiger partial charge >= 0.3 is 0 Å². The van der Waals surface area contributed by atoms with Crippen LogP contribution in [0.3, 0.4) is 0 Å². The third-order valence-electron chi connectivity index (χ3n) is 5.25. The molecular formula is C27H26O2. The van der Waals surface area contributed by atoms with Crippen molar-refractivity contribution >= 4 is 0 Å². The molecule has 0 spiro atoms. The monoisotopic (exact) mass is 382 g/mol. The lowest BCUT2D eigenvalue weighted by Crippen LogP contribution is -2.02.